The number of H-pyrrole nitrogens is 1. The normalized spacial score (nSPS) is 18.8. The van der Waals surface area contributed by atoms with E-state index in [4.69, 9.17) is 16.3 Å². The van der Waals surface area contributed by atoms with Crippen molar-refractivity contribution in [2.24, 2.45) is 5.41 Å². The van der Waals surface area contributed by atoms with E-state index in [0.29, 0.717) is 5.41 Å². The van der Waals surface area contributed by atoms with Crippen molar-refractivity contribution in [1.82, 2.24) is 14.9 Å². The number of rotatable bonds is 3. The third kappa shape index (κ3) is 2.79. The Hall–Kier alpha value is -2.04. The Kier molecular flexibility index (Phi) is 3.50. The van der Waals surface area contributed by atoms with E-state index in [2.05, 4.69) is 33.1 Å². The molecule has 128 valence electrons. The lowest BCUT2D eigenvalue weighted by Crippen LogP contribution is -2.61. The molecular weight excluding hydrogens is 334 g/mol. The standard InChI is InChI=1S/C20H20ClN3O/c21-15-5-6-16-17(9-15)23-19(22-16)7-8-24-11-20(12-24)10-14-3-1-2-4-18(14)25-13-20/h1-6,9H,7-8,10-13H2,(H,22,23). The fourth-order valence-electron chi connectivity index (χ4n) is 4.16. The van der Waals surface area contributed by atoms with E-state index >= 15 is 0 Å². The Morgan fingerprint density at radius 3 is 3.00 bits per heavy atom. The second kappa shape index (κ2) is 5.75. The summed E-state index contributed by atoms with van der Waals surface area (Å²) >= 11 is 6.04. The predicted molar refractivity (Wildman–Crippen MR) is 99.3 cm³/mol. The van der Waals surface area contributed by atoms with E-state index in [1.165, 1.54) is 5.56 Å². The van der Waals surface area contributed by atoms with E-state index in [1.54, 1.807) is 0 Å². The van der Waals surface area contributed by atoms with Crippen molar-refractivity contribution in [1.29, 1.82) is 0 Å². The fourth-order valence-corrected chi connectivity index (χ4v) is 4.33. The molecule has 1 fully saturated rings. The first-order chi connectivity index (χ1) is 12.2. The van der Waals surface area contributed by atoms with Gasteiger partial charge in [-0.3, -0.25) is 0 Å². The molecule has 2 aliphatic rings. The van der Waals surface area contributed by atoms with Crippen LogP contribution in [0, 0.1) is 5.41 Å². The molecule has 1 N–H and O–H groups in total. The number of aromatic nitrogens is 2. The molecule has 25 heavy (non-hydrogen) atoms. The predicted octanol–water partition coefficient (Wildman–Crippen LogP) is 3.70. The van der Waals surface area contributed by atoms with Crippen LogP contribution in [0.3, 0.4) is 0 Å². The number of likely N-dealkylation sites (tertiary alicyclic amines) is 1. The van der Waals surface area contributed by atoms with Crippen molar-refractivity contribution in [2.75, 3.05) is 26.2 Å². The van der Waals surface area contributed by atoms with Crippen molar-refractivity contribution < 1.29 is 4.74 Å². The first-order valence-electron chi connectivity index (χ1n) is 8.76. The van der Waals surface area contributed by atoms with Crippen LogP contribution >= 0.6 is 11.6 Å². The number of ether oxygens (including phenoxy) is 1. The molecule has 5 heteroatoms. The maximum absolute atomic E-state index is 6.04. The van der Waals surface area contributed by atoms with Crippen molar-refractivity contribution in [3.63, 3.8) is 0 Å². The number of hydrogen-bond acceptors (Lipinski definition) is 3. The fraction of sp³-hybridized carbons (Fsp3) is 0.350. The van der Waals surface area contributed by atoms with E-state index in [9.17, 15) is 0 Å². The molecule has 0 aliphatic carbocycles. The Morgan fingerprint density at radius 2 is 2.08 bits per heavy atom. The second-order valence-corrected chi connectivity index (χ2v) is 7.82. The van der Waals surface area contributed by atoms with Crippen LogP contribution in [-0.2, 0) is 12.8 Å². The van der Waals surface area contributed by atoms with Crippen molar-refractivity contribution in [2.45, 2.75) is 12.8 Å². The summed E-state index contributed by atoms with van der Waals surface area (Å²) < 4.78 is 5.99. The highest BCUT2D eigenvalue weighted by molar-refractivity contribution is 6.31. The van der Waals surface area contributed by atoms with Gasteiger partial charge in [-0.15, -0.1) is 0 Å². The molecule has 3 heterocycles. The minimum absolute atomic E-state index is 0.301. The Morgan fingerprint density at radius 1 is 1.20 bits per heavy atom. The number of nitrogens with zero attached hydrogens (tertiary/aromatic N) is 2. The van der Waals surface area contributed by atoms with Crippen LogP contribution in [0.1, 0.15) is 11.4 Å². The summed E-state index contributed by atoms with van der Waals surface area (Å²) in [6, 6.07) is 14.2. The summed E-state index contributed by atoms with van der Waals surface area (Å²) in [7, 11) is 0. The lowest BCUT2D eigenvalue weighted by molar-refractivity contribution is -0.0423. The monoisotopic (exact) mass is 353 g/mol. The number of nitrogens with one attached hydrogen (secondary N) is 1. The maximum Gasteiger partial charge on any atom is 0.122 e. The average molecular weight is 354 g/mol. The number of halogens is 1. The molecule has 2 aliphatic heterocycles. The summed E-state index contributed by atoms with van der Waals surface area (Å²) in [6.45, 7) is 4.07. The van der Waals surface area contributed by atoms with Gasteiger partial charge in [0.2, 0.25) is 0 Å². The van der Waals surface area contributed by atoms with Gasteiger partial charge in [0.05, 0.1) is 17.6 Å². The minimum atomic E-state index is 0.301. The van der Waals surface area contributed by atoms with E-state index < -0.39 is 0 Å². The van der Waals surface area contributed by atoms with Gasteiger partial charge in [-0.05, 0) is 36.2 Å². The first-order valence-corrected chi connectivity index (χ1v) is 9.14. The van der Waals surface area contributed by atoms with E-state index in [0.717, 1.165) is 66.7 Å². The molecule has 5 rings (SSSR count). The molecule has 1 spiro atoms. The van der Waals surface area contributed by atoms with Crippen LogP contribution in [0.5, 0.6) is 5.75 Å². The lowest BCUT2D eigenvalue weighted by atomic mass is 9.74. The summed E-state index contributed by atoms with van der Waals surface area (Å²) in [5.74, 6) is 2.09. The summed E-state index contributed by atoms with van der Waals surface area (Å²) in [5, 5.41) is 0.741. The largest absolute Gasteiger partial charge is 0.493 e. The minimum Gasteiger partial charge on any atom is -0.493 e. The van der Waals surface area contributed by atoms with E-state index in [-0.39, 0.29) is 0 Å². The molecule has 0 unspecified atom stereocenters. The molecule has 1 saturated heterocycles. The van der Waals surface area contributed by atoms with E-state index in [1.807, 2.05) is 24.3 Å². The van der Waals surface area contributed by atoms with Crippen LogP contribution in [0.4, 0.5) is 0 Å². The number of hydrogen-bond donors (Lipinski definition) is 1. The quantitative estimate of drug-likeness (QED) is 0.780. The van der Waals surface area contributed by atoms with Gasteiger partial charge in [-0.25, -0.2) is 4.98 Å². The Labute approximate surface area is 151 Å². The molecule has 0 bridgehead atoms. The van der Waals surface area contributed by atoms with Gasteiger partial charge in [0.15, 0.2) is 0 Å². The zero-order valence-corrected chi connectivity index (χ0v) is 14.7. The molecule has 3 aromatic rings. The topological polar surface area (TPSA) is 41.2 Å². The van der Waals surface area contributed by atoms with Crippen molar-refractivity contribution >= 4 is 22.6 Å². The van der Waals surface area contributed by atoms with Gasteiger partial charge in [-0.1, -0.05) is 29.8 Å². The highest BCUT2D eigenvalue weighted by Gasteiger charge is 2.45. The third-order valence-corrected chi connectivity index (χ3v) is 5.58. The maximum atomic E-state index is 6.04. The van der Waals surface area contributed by atoms with Crippen LogP contribution < -0.4 is 4.74 Å². The molecule has 0 atom stereocenters. The molecular formula is C20H20ClN3O. The van der Waals surface area contributed by atoms with Crippen LogP contribution in [-0.4, -0.2) is 41.1 Å². The van der Waals surface area contributed by atoms with Crippen molar-refractivity contribution in [3.8, 4) is 5.75 Å². The molecule has 0 radical (unpaired) electrons. The van der Waals surface area contributed by atoms with Gasteiger partial charge >= 0.3 is 0 Å². The smallest absolute Gasteiger partial charge is 0.122 e. The Balaban J connectivity index is 1.20. The van der Waals surface area contributed by atoms with Gasteiger partial charge < -0.3 is 14.6 Å². The second-order valence-electron chi connectivity index (χ2n) is 7.38. The number of imidazole rings is 1. The third-order valence-electron chi connectivity index (χ3n) is 5.35. The van der Waals surface area contributed by atoms with Gasteiger partial charge in [0, 0.05) is 36.5 Å². The SMILES string of the molecule is Clc1ccc2nc(CCN3CC4(COc5ccccc5C4)C3)[nH]c2c1. The first kappa shape index (κ1) is 15.2. The number of benzene rings is 2. The number of aromatic amines is 1. The number of para-hydroxylation sites is 1. The van der Waals surface area contributed by atoms with Crippen molar-refractivity contribution in [3.05, 3.63) is 58.9 Å². The zero-order chi connectivity index (χ0) is 16.9. The molecule has 4 nitrogen and oxygen atoms in total. The molecule has 1 aromatic heterocycles. The summed E-state index contributed by atoms with van der Waals surface area (Å²) in [5.41, 5.74) is 3.65. The number of fused-ring (bicyclic) bond motifs is 2. The zero-order valence-electron chi connectivity index (χ0n) is 14.0. The molecule has 2 aromatic carbocycles. The average Bonchev–Trinajstić information content (AvgIpc) is 2.99. The summed E-state index contributed by atoms with van der Waals surface area (Å²) in [6.07, 6.45) is 2.06. The highest BCUT2D eigenvalue weighted by atomic mass is 35.5. The van der Waals surface area contributed by atoms with Gasteiger partial charge in [-0.2, -0.15) is 0 Å². The van der Waals surface area contributed by atoms with Gasteiger partial charge in [0.25, 0.3) is 0 Å². The van der Waals surface area contributed by atoms with Crippen LogP contribution in [0.25, 0.3) is 11.0 Å². The highest BCUT2D eigenvalue weighted by Crippen LogP contribution is 2.40. The molecule has 0 saturated carbocycles. The Bertz CT molecular complexity index is 930. The van der Waals surface area contributed by atoms with Crippen LogP contribution in [0.15, 0.2) is 42.5 Å². The van der Waals surface area contributed by atoms with Crippen LogP contribution in [0.2, 0.25) is 5.02 Å². The van der Waals surface area contributed by atoms with Gasteiger partial charge in [0.1, 0.15) is 11.6 Å². The lowest BCUT2D eigenvalue weighted by Gasteiger charge is -2.52. The molecule has 0 amide bonds. The summed E-state index contributed by atoms with van der Waals surface area (Å²) in [4.78, 5) is 10.5.